The van der Waals surface area contributed by atoms with Gasteiger partial charge in [-0.15, -0.1) is 0 Å². The minimum atomic E-state index is 0.550. The van der Waals surface area contributed by atoms with E-state index in [0.717, 1.165) is 93.3 Å². The quantitative estimate of drug-likeness (QED) is 0.148. The smallest absolute Gasteiger partial charge is 0.238 e. The second-order valence-electron chi connectivity index (χ2n) is 17.5. The molecule has 0 radical (unpaired) electrons. The number of benzene rings is 10. The topological polar surface area (TPSA) is 87.2 Å². The number of nitrogens with zero attached hydrogens (tertiary/aromatic N) is 8. The van der Waals surface area contributed by atoms with Crippen LogP contribution in [0.2, 0.25) is 0 Å². The summed E-state index contributed by atoms with van der Waals surface area (Å²) in [6.07, 6.45) is 0. The van der Waals surface area contributed by atoms with Crippen molar-refractivity contribution in [3.63, 3.8) is 0 Å². The number of hydrogen-bond donors (Lipinski definition) is 0. The molecule has 0 amide bonds. The highest BCUT2D eigenvalue weighted by molar-refractivity contribution is 6.26. The molecular formula is C62H38N8. The van der Waals surface area contributed by atoms with Gasteiger partial charge in [0, 0.05) is 60.4 Å². The molecule has 0 saturated heterocycles. The number of rotatable bonds is 7. The molecule has 14 rings (SSSR count). The van der Waals surface area contributed by atoms with Gasteiger partial charge in [0.25, 0.3) is 0 Å². The molecule has 8 heteroatoms. The maximum absolute atomic E-state index is 5.26. The zero-order valence-corrected chi connectivity index (χ0v) is 37.5. The van der Waals surface area contributed by atoms with E-state index in [2.05, 4.69) is 161 Å². The molecule has 326 valence electrons. The fraction of sp³-hybridized carbons (Fsp3) is 0. The zero-order chi connectivity index (χ0) is 46.1. The number of para-hydroxylation sites is 2. The Labute approximate surface area is 401 Å². The van der Waals surface area contributed by atoms with Crippen LogP contribution in [-0.4, -0.2) is 39.0 Å². The highest BCUT2D eigenvalue weighted by atomic mass is 15.2. The summed E-state index contributed by atoms with van der Waals surface area (Å²) >= 11 is 0. The second-order valence-corrected chi connectivity index (χ2v) is 17.5. The first-order valence-electron chi connectivity index (χ1n) is 23.4. The summed E-state index contributed by atoms with van der Waals surface area (Å²) < 4.78 is 4.58. The van der Waals surface area contributed by atoms with E-state index in [1.807, 2.05) is 78.9 Å². The summed E-state index contributed by atoms with van der Waals surface area (Å²) in [4.78, 5) is 31.0. The van der Waals surface area contributed by atoms with Crippen LogP contribution in [0.15, 0.2) is 231 Å². The van der Waals surface area contributed by atoms with Gasteiger partial charge in [0.2, 0.25) is 5.95 Å². The summed E-state index contributed by atoms with van der Waals surface area (Å²) in [6, 6.07) is 79.9. The Kier molecular flexibility index (Phi) is 9.03. The van der Waals surface area contributed by atoms with Crippen LogP contribution in [0.25, 0.3) is 134 Å². The zero-order valence-electron chi connectivity index (χ0n) is 37.5. The van der Waals surface area contributed by atoms with Crippen LogP contribution < -0.4 is 0 Å². The molecule has 0 saturated carbocycles. The Bertz CT molecular complexity index is 4280. The summed E-state index contributed by atoms with van der Waals surface area (Å²) in [5.41, 5.74) is 9.81. The fourth-order valence-electron chi connectivity index (χ4n) is 10.2. The molecule has 0 bridgehead atoms. The van der Waals surface area contributed by atoms with Crippen LogP contribution in [0.1, 0.15) is 0 Å². The summed E-state index contributed by atoms with van der Waals surface area (Å²) in [6.45, 7) is 0. The van der Waals surface area contributed by atoms with Crippen LogP contribution in [0.3, 0.4) is 0 Å². The molecule has 0 aliphatic rings. The molecule has 0 aliphatic heterocycles. The Balaban J connectivity index is 0.970. The molecule has 4 heterocycles. The number of fused-ring (bicyclic) bond motifs is 10. The van der Waals surface area contributed by atoms with Gasteiger partial charge in [0.1, 0.15) is 0 Å². The summed E-state index contributed by atoms with van der Waals surface area (Å²) in [7, 11) is 0. The van der Waals surface area contributed by atoms with E-state index in [1.165, 1.54) is 5.39 Å². The predicted octanol–water partition coefficient (Wildman–Crippen LogP) is 14.9. The van der Waals surface area contributed by atoms with E-state index in [0.29, 0.717) is 35.1 Å². The van der Waals surface area contributed by atoms with Gasteiger partial charge in [0.15, 0.2) is 29.1 Å². The van der Waals surface area contributed by atoms with Gasteiger partial charge in [-0.3, -0.25) is 4.57 Å². The molecule has 0 N–H and O–H groups in total. The molecule has 0 atom stereocenters. The van der Waals surface area contributed by atoms with Crippen LogP contribution in [-0.2, 0) is 0 Å². The monoisotopic (exact) mass is 894 g/mol. The minimum absolute atomic E-state index is 0.550. The molecule has 8 nitrogen and oxygen atoms in total. The number of aromatic nitrogens is 8. The molecule has 0 spiro atoms. The van der Waals surface area contributed by atoms with Gasteiger partial charge in [-0.05, 0) is 58.6 Å². The van der Waals surface area contributed by atoms with Crippen molar-refractivity contribution < 1.29 is 0 Å². The van der Waals surface area contributed by atoms with E-state index in [1.54, 1.807) is 0 Å². The first kappa shape index (κ1) is 39.5. The third-order valence-corrected chi connectivity index (χ3v) is 13.4. The third kappa shape index (κ3) is 6.38. The van der Waals surface area contributed by atoms with Crippen LogP contribution in [0.5, 0.6) is 0 Å². The lowest BCUT2D eigenvalue weighted by Crippen LogP contribution is -2.06. The molecule has 0 aliphatic carbocycles. The van der Waals surface area contributed by atoms with Gasteiger partial charge >= 0.3 is 0 Å². The van der Waals surface area contributed by atoms with E-state index in [-0.39, 0.29) is 0 Å². The first-order valence-corrected chi connectivity index (χ1v) is 23.4. The maximum atomic E-state index is 5.26. The van der Waals surface area contributed by atoms with Gasteiger partial charge in [-0.2, -0.15) is 9.97 Å². The van der Waals surface area contributed by atoms with Crippen molar-refractivity contribution in [2.24, 2.45) is 0 Å². The molecule has 70 heavy (non-hydrogen) atoms. The van der Waals surface area contributed by atoms with Gasteiger partial charge in [-0.25, -0.2) is 19.9 Å². The van der Waals surface area contributed by atoms with Crippen molar-refractivity contribution in [2.75, 3.05) is 0 Å². The molecular weight excluding hydrogens is 857 g/mol. The largest absolute Gasteiger partial charge is 0.309 e. The van der Waals surface area contributed by atoms with E-state index < -0.39 is 0 Å². The Morgan fingerprint density at radius 1 is 0.257 bits per heavy atom. The lowest BCUT2D eigenvalue weighted by atomic mass is 9.97. The minimum Gasteiger partial charge on any atom is -0.309 e. The first-order chi connectivity index (χ1) is 34.7. The molecule has 14 aromatic rings. The Morgan fingerprint density at radius 2 is 0.743 bits per heavy atom. The van der Waals surface area contributed by atoms with E-state index in [9.17, 15) is 0 Å². The SMILES string of the molecule is c1ccc(-c2nc(-c3ccc(-n4c5ccccc5c5ccc6c(c7ccccc7n6-c6nc(-c7ccccc7)nc(-c7ccccc7)n6)c54)cc3)nc(-c3cccc4ccc5ccccc5c34)n2)cc1. The fourth-order valence-corrected chi connectivity index (χ4v) is 10.2. The van der Waals surface area contributed by atoms with Crippen LogP contribution in [0.4, 0.5) is 0 Å². The van der Waals surface area contributed by atoms with Crippen LogP contribution in [0, 0.1) is 0 Å². The second kappa shape index (κ2) is 16.0. The molecule has 0 unspecified atom stereocenters. The van der Waals surface area contributed by atoms with E-state index in [4.69, 9.17) is 29.9 Å². The van der Waals surface area contributed by atoms with Crippen molar-refractivity contribution >= 4 is 65.2 Å². The Hall–Kier alpha value is -9.66. The molecule has 10 aromatic carbocycles. The van der Waals surface area contributed by atoms with Crippen molar-refractivity contribution in [1.29, 1.82) is 0 Å². The Morgan fingerprint density at radius 3 is 1.39 bits per heavy atom. The summed E-state index contributed by atoms with van der Waals surface area (Å²) in [5, 5.41) is 9.10. The van der Waals surface area contributed by atoms with Crippen molar-refractivity contribution in [2.45, 2.75) is 0 Å². The lowest BCUT2D eigenvalue weighted by Gasteiger charge is -2.13. The van der Waals surface area contributed by atoms with E-state index >= 15 is 0 Å². The standard InChI is InChI=1S/C62H38N8/c1-4-18-41(19-5-1)57-63-58(66-61(65-57)50-28-16-24-40-32-31-39-17-10-11-25-46(39)54(40)50)44-33-35-45(36-34-44)69-51-29-14-12-26-47(51)48-37-38-53-55(56(48)69)49-27-13-15-30-52(49)70(53)62-67-59(42-20-6-2-7-21-42)64-60(68-62)43-22-8-3-9-23-43/h1-38H. The van der Waals surface area contributed by atoms with Gasteiger partial charge in [-0.1, -0.05) is 188 Å². The summed E-state index contributed by atoms with van der Waals surface area (Å²) in [5.74, 6) is 3.61. The van der Waals surface area contributed by atoms with Gasteiger partial charge in [0.05, 0.1) is 22.1 Å². The van der Waals surface area contributed by atoms with Crippen molar-refractivity contribution in [3.05, 3.63) is 231 Å². The number of hydrogen-bond acceptors (Lipinski definition) is 6. The predicted molar refractivity (Wildman–Crippen MR) is 284 cm³/mol. The van der Waals surface area contributed by atoms with Crippen LogP contribution >= 0.6 is 0 Å². The molecule has 4 aromatic heterocycles. The lowest BCUT2D eigenvalue weighted by molar-refractivity contribution is 0.953. The highest BCUT2D eigenvalue weighted by Crippen LogP contribution is 2.42. The average Bonchev–Trinajstić information content (AvgIpc) is 3.96. The molecule has 0 fully saturated rings. The maximum Gasteiger partial charge on any atom is 0.238 e. The van der Waals surface area contributed by atoms with Crippen molar-refractivity contribution in [1.82, 2.24) is 39.0 Å². The van der Waals surface area contributed by atoms with Crippen molar-refractivity contribution in [3.8, 4) is 68.6 Å². The average molecular weight is 895 g/mol. The normalized spacial score (nSPS) is 11.7. The van der Waals surface area contributed by atoms with Gasteiger partial charge < -0.3 is 4.57 Å². The highest BCUT2D eigenvalue weighted by Gasteiger charge is 2.23. The third-order valence-electron chi connectivity index (χ3n) is 13.4.